The number of hydrogen-bond donors (Lipinski definition) is 2. The van der Waals surface area contributed by atoms with Crippen LogP contribution in [0.25, 0.3) is 0 Å². The van der Waals surface area contributed by atoms with Crippen LogP contribution in [0.4, 0.5) is 0 Å². The molecule has 0 saturated carbocycles. The van der Waals surface area contributed by atoms with E-state index < -0.39 is 16.2 Å². The Morgan fingerprint density at radius 3 is 2.00 bits per heavy atom. The number of rotatable bonds is 14. The second-order valence-electron chi connectivity index (χ2n) is 5.97. The van der Waals surface area contributed by atoms with Crippen molar-refractivity contribution in [2.24, 2.45) is 0 Å². The Morgan fingerprint density at radius 1 is 1.00 bits per heavy atom. The summed E-state index contributed by atoms with van der Waals surface area (Å²) in [4.78, 5) is 1.74. The predicted octanol–water partition coefficient (Wildman–Crippen LogP) is 2.05. The van der Waals surface area contributed by atoms with Crippen LogP contribution in [0.3, 0.4) is 0 Å². The number of aliphatic hydroxyl groups excluding tert-OH is 1. The molecular formula is C15H34NNaO4S. The standard InChI is InChI=1S/C15H33NO4S.Na.H/c1-3-4-5-6-7-8-9-10-11-15(17)14-16(2)12-13-21(18,19)20;;/h15,17H,3-14H2,1-2H3,(H,18,19,20);;. The molecule has 0 aromatic carbocycles. The van der Waals surface area contributed by atoms with E-state index in [-0.39, 0.29) is 41.9 Å². The van der Waals surface area contributed by atoms with Crippen molar-refractivity contribution in [1.29, 1.82) is 0 Å². The first-order chi connectivity index (χ1) is 9.85. The van der Waals surface area contributed by atoms with Crippen molar-refractivity contribution < 1.29 is 18.1 Å². The molecular weight excluding hydrogens is 313 g/mol. The zero-order valence-corrected chi connectivity index (χ0v) is 14.4. The van der Waals surface area contributed by atoms with E-state index in [0.29, 0.717) is 6.54 Å². The van der Waals surface area contributed by atoms with Gasteiger partial charge in [0.15, 0.2) is 0 Å². The van der Waals surface area contributed by atoms with E-state index in [1.165, 1.54) is 38.5 Å². The number of likely N-dealkylation sites (N-methyl/N-ethyl adjacent to an activating group) is 1. The predicted molar refractivity (Wildman–Crippen MR) is 94.3 cm³/mol. The van der Waals surface area contributed by atoms with Crippen LogP contribution < -0.4 is 0 Å². The van der Waals surface area contributed by atoms with Gasteiger partial charge in [-0.3, -0.25) is 4.55 Å². The summed E-state index contributed by atoms with van der Waals surface area (Å²) in [6.07, 6.45) is 10.3. The topological polar surface area (TPSA) is 77.8 Å². The SMILES string of the molecule is CCCCCCCCCCC(O)CN(C)CCS(=O)(=O)O.[NaH]. The molecule has 0 fully saturated rings. The van der Waals surface area contributed by atoms with Crippen molar-refractivity contribution in [1.82, 2.24) is 4.90 Å². The first kappa shape index (κ1) is 25.1. The molecule has 5 nitrogen and oxygen atoms in total. The molecule has 0 aromatic heterocycles. The first-order valence-corrected chi connectivity index (χ1v) is 9.78. The summed E-state index contributed by atoms with van der Waals surface area (Å²) in [5.41, 5.74) is 0. The Morgan fingerprint density at radius 2 is 1.50 bits per heavy atom. The third-order valence-electron chi connectivity index (χ3n) is 3.64. The fourth-order valence-electron chi connectivity index (χ4n) is 2.33. The Labute approximate surface area is 158 Å². The summed E-state index contributed by atoms with van der Waals surface area (Å²) in [7, 11) is -2.16. The van der Waals surface area contributed by atoms with Crippen LogP contribution in [0.15, 0.2) is 0 Å². The summed E-state index contributed by atoms with van der Waals surface area (Å²) in [5, 5.41) is 9.87. The van der Waals surface area contributed by atoms with E-state index in [1.54, 1.807) is 11.9 Å². The second-order valence-corrected chi connectivity index (χ2v) is 7.54. The summed E-state index contributed by atoms with van der Waals surface area (Å²) < 4.78 is 29.9. The molecule has 0 rings (SSSR count). The van der Waals surface area contributed by atoms with Gasteiger partial charge in [0.05, 0.1) is 11.9 Å². The number of aliphatic hydroxyl groups is 1. The number of unbranched alkanes of at least 4 members (excludes halogenated alkanes) is 7. The molecule has 0 saturated heterocycles. The van der Waals surface area contributed by atoms with Gasteiger partial charge in [-0.1, -0.05) is 58.3 Å². The average Bonchev–Trinajstić information content (AvgIpc) is 2.39. The zero-order valence-electron chi connectivity index (χ0n) is 13.6. The third kappa shape index (κ3) is 18.9. The van der Waals surface area contributed by atoms with Gasteiger partial charge in [-0.2, -0.15) is 8.42 Å². The molecule has 0 aliphatic carbocycles. The van der Waals surface area contributed by atoms with Gasteiger partial charge in [0.1, 0.15) is 0 Å². The quantitative estimate of drug-likeness (QED) is 0.286. The molecule has 0 bridgehead atoms. The molecule has 7 heteroatoms. The molecule has 1 unspecified atom stereocenters. The van der Waals surface area contributed by atoms with Crippen LogP contribution in [0.5, 0.6) is 0 Å². The molecule has 130 valence electrons. The first-order valence-electron chi connectivity index (χ1n) is 8.17. The Bertz CT molecular complexity index is 338. The van der Waals surface area contributed by atoms with E-state index in [9.17, 15) is 13.5 Å². The van der Waals surface area contributed by atoms with E-state index in [0.717, 1.165) is 19.3 Å². The molecule has 0 spiro atoms. The number of hydrogen-bond acceptors (Lipinski definition) is 4. The van der Waals surface area contributed by atoms with E-state index in [4.69, 9.17) is 4.55 Å². The fourth-order valence-corrected chi connectivity index (χ4v) is 2.87. The summed E-state index contributed by atoms with van der Waals surface area (Å²) in [6, 6.07) is 0. The maximum absolute atomic E-state index is 10.6. The summed E-state index contributed by atoms with van der Waals surface area (Å²) in [5.74, 6) is -0.284. The monoisotopic (exact) mass is 347 g/mol. The maximum atomic E-state index is 10.6. The van der Waals surface area contributed by atoms with Crippen LogP contribution in [0, 0.1) is 0 Å². The molecule has 0 radical (unpaired) electrons. The Balaban J connectivity index is 0. The van der Waals surface area contributed by atoms with Gasteiger partial charge in [0.25, 0.3) is 10.1 Å². The third-order valence-corrected chi connectivity index (χ3v) is 4.34. The van der Waals surface area contributed by atoms with Crippen molar-refractivity contribution in [3.63, 3.8) is 0 Å². The molecule has 0 aliphatic heterocycles. The molecule has 2 N–H and O–H groups in total. The minimum atomic E-state index is -3.91. The zero-order chi connectivity index (χ0) is 16.1. The normalized spacial score (nSPS) is 13.1. The molecule has 0 aromatic rings. The summed E-state index contributed by atoms with van der Waals surface area (Å²) in [6.45, 7) is 2.91. The van der Waals surface area contributed by atoms with Gasteiger partial charge in [-0.15, -0.1) is 0 Å². The van der Waals surface area contributed by atoms with Crippen LogP contribution >= 0.6 is 0 Å². The van der Waals surface area contributed by atoms with Gasteiger partial charge in [0, 0.05) is 13.1 Å². The second kappa shape index (κ2) is 15.4. The van der Waals surface area contributed by atoms with Crippen LogP contribution in [0.2, 0.25) is 0 Å². The molecule has 22 heavy (non-hydrogen) atoms. The molecule has 0 heterocycles. The van der Waals surface area contributed by atoms with Gasteiger partial charge in [0.2, 0.25) is 0 Å². The van der Waals surface area contributed by atoms with Gasteiger partial charge in [-0.25, -0.2) is 0 Å². The summed E-state index contributed by atoms with van der Waals surface area (Å²) >= 11 is 0. The van der Waals surface area contributed by atoms with Crippen molar-refractivity contribution in [2.45, 2.75) is 70.8 Å². The van der Waals surface area contributed by atoms with E-state index in [1.807, 2.05) is 0 Å². The molecule has 1 atom stereocenters. The van der Waals surface area contributed by atoms with Gasteiger partial charge in [-0.05, 0) is 13.5 Å². The number of nitrogens with zero attached hydrogens (tertiary/aromatic N) is 1. The average molecular weight is 347 g/mol. The van der Waals surface area contributed by atoms with Crippen molar-refractivity contribution in [2.75, 3.05) is 25.9 Å². The van der Waals surface area contributed by atoms with Gasteiger partial charge >= 0.3 is 29.6 Å². The minimum absolute atomic E-state index is 0. The van der Waals surface area contributed by atoms with Crippen molar-refractivity contribution in [3.8, 4) is 0 Å². The molecule has 0 aliphatic rings. The van der Waals surface area contributed by atoms with Crippen molar-refractivity contribution >= 4 is 39.7 Å². The fraction of sp³-hybridized carbons (Fsp3) is 1.00. The van der Waals surface area contributed by atoms with Crippen LogP contribution in [0.1, 0.15) is 64.7 Å². The van der Waals surface area contributed by atoms with Crippen LogP contribution in [-0.2, 0) is 10.1 Å². The molecule has 0 amide bonds. The van der Waals surface area contributed by atoms with E-state index >= 15 is 0 Å². The van der Waals surface area contributed by atoms with Crippen molar-refractivity contribution in [3.05, 3.63) is 0 Å². The van der Waals surface area contributed by atoms with E-state index in [2.05, 4.69) is 6.92 Å². The van der Waals surface area contributed by atoms with Crippen LogP contribution in [-0.4, -0.2) is 84.5 Å². The Hall–Kier alpha value is 0.830. The Kier molecular flexibility index (Phi) is 17.5. The van der Waals surface area contributed by atoms with Gasteiger partial charge < -0.3 is 10.0 Å².